The first-order valence-corrected chi connectivity index (χ1v) is 7.35. The van der Waals surface area contributed by atoms with E-state index in [0.29, 0.717) is 22.2 Å². The molecule has 0 aromatic heterocycles. The molecule has 0 aliphatic heterocycles. The maximum atomic E-state index is 11.8. The fraction of sp³-hybridized carbons (Fsp3) is 0.125. The van der Waals surface area contributed by atoms with E-state index in [9.17, 15) is 9.59 Å². The van der Waals surface area contributed by atoms with Crippen molar-refractivity contribution in [2.45, 2.75) is 6.54 Å². The van der Waals surface area contributed by atoms with Crippen LogP contribution >= 0.6 is 23.2 Å². The van der Waals surface area contributed by atoms with Crippen LogP contribution in [0.1, 0.15) is 15.9 Å². The number of nitrogens with one attached hydrogen (secondary N) is 2. The molecule has 2 aromatic carbocycles. The van der Waals surface area contributed by atoms with E-state index in [1.807, 2.05) is 12.1 Å². The summed E-state index contributed by atoms with van der Waals surface area (Å²) in [6.45, 7) is 0.262. The third kappa shape index (κ3) is 5.06. The van der Waals surface area contributed by atoms with Crippen LogP contribution < -0.4 is 10.6 Å². The van der Waals surface area contributed by atoms with Gasteiger partial charge in [0.2, 0.25) is 5.91 Å². The van der Waals surface area contributed by atoms with Crippen molar-refractivity contribution >= 4 is 35.0 Å². The van der Waals surface area contributed by atoms with Crippen molar-refractivity contribution in [3.8, 4) is 0 Å². The van der Waals surface area contributed by atoms with E-state index in [0.717, 1.165) is 5.56 Å². The Hall–Kier alpha value is -2.04. The Morgan fingerprint density at radius 2 is 1.64 bits per heavy atom. The third-order valence-electron chi connectivity index (χ3n) is 2.89. The van der Waals surface area contributed by atoms with Crippen molar-refractivity contribution in [3.05, 3.63) is 69.7 Å². The lowest BCUT2D eigenvalue weighted by molar-refractivity contribution is -0.120. The number of hydrogen-bond acceptors (Lipinski definition) is 2. The summed E-state index contributed by atoms with van der Waals surface area (Å²) < 4.78 is 0. The highest BCUT2D eigenvalue weighted by Crippen LogP contribution is 2.10. The van der Waals surface area contributed by atoms with Gasteiger partial charge in [-0.15, -0.1) is 0 Å². The highest BCUT2D eigenvalue weighted by Gasteiger charge is 2.07. The average molecular weight is 337 g/mol. The fourth-order valence-corrected chi connectivity index (χ4v) is 2.11. The van der Waals surface area contributed by atoms with Gasteiger partial charge in [-0.05, 0) is 42.0 Å². The zero-order valence-electron chi connectivity index (χ0n) is 11.6. The fourth-order valence-electron chi connectivity index (χ4n) is 1.77. The smallest absolute Gasteiger partial charge is 0.251 e. The van der Waals surface area contributed by atoms with Crippen LogP contribution in [0.2, 0.25) is 10.0 Å². The first-order valence-electron chi connectivity index (χ1n) is 6.59. The molecule has 0 saturated heterocycles. The average Bonchev–Trinajstić information content (AvgIpc) is 2.51. The molecule has 2 rings (SSSR count). The van der Waals surface area contributed by atoms with E-state index >= 15 is 0 Å². The highest BCUT2D eigenvalue weighted by atomic mass is 35.5. The summed E-state index contributed by atoms with van der Waals surface area (Å²) in [6, 6.07) is 13.6. The van der Waals surface area contributed by atoms with E-state index in [2.05, 4.69) is 10.6 Å². The quantitative estimate of drug-likeness (QED) is 0.881. The number of carbonyl (C=O) groups is 2. The molecule has 6 heteroatoms. The number of hydrogen-bond donors (Lipinski definition) is 2. The van der Waals surface area contributed by atoms with Crippen molar-refractivity contribution in [1.82, 2.24) is 10.6 Å². The standard InChI is InChI=1S/C16H14Cl2N2O2/c17-13-6-4-12(5-7-13)16(22)20-10-15(21)19-9-11-2-1-3-14(18)8-11/h1-8H,9-10H2,(H,19,21)(H,20,22). The lowest BCUT2D eigenvalue weighted by atomic mass is 10.2. The Balaban J connectivity index is 1.78. The van der Waals surface area contributed by atoms with Crippen LogP contribution in [0.4, 0.5) is 0 Å². The summed E-state index contributed by atoms with van der Waals surface area (Å²) in [4.78, 5) is 23.5. The molecule has 4 nitrogen and oxygen atoms in total. The monoisotopic (exact) mass is 336 g/mol. The van der Waals surface area contributed by atoms with Gasteiger partial charge in [-0.1, -0.05) is 35.3 Å². The van der Waals surface area contributed by atoms with E-state index in [1.54, 1.807) is 36.4 Å². The lowest BCUT2D eigenvalue weighted by Gasteiger charge is -2.07. The second-order valence-corrected chi connectivity index (χ2v) is 5.47. The SMILES string of the molecule is O=C(CNC(=O)c1ccc(Cl)cc1)NCc1cccc(Cl)c1. The van der Waals surface area contributed by atoms with Gasteiger partial charge in [0.1, 0.15) is 0 Å². The number of halogens is 2. The Labute approximate surface area is 138 Å². The molecule has 0 radical (unpaired) electrons. The largest absolute Gasteiger partial charge is 0.350 e. The molecule has 0 aliphatic carbocycles. The van der Waals surface area contributed by atoms with Gasteiger partial charge in [-0.2, -0.15) is 0 Å². The minimum Gasteiger partial charge on any atom is -0.350 e. The molecule has 0 aliphatic rings. The van der Waals surface area contributed by atoms with Gasteiger partial charge in [0.25, 0.3) is 5.91 Å². The second-order valence-electron chi connectivity index (χ2n) is 4.60. The van der Waals surface area contributed by atoms with Crippen LogP contribution in [0, 0.1) is 0 Å². The Morgan fingerprint density at radius 1 is 0.909 bits per heavy atom. The minimum absolute atomic E-state index is 0.0952. The summed E-state index contributed by atoms with van der Waals surface area (Å²) in [5, 5.41) is 6.42. The molecule has 0 fully saturated rings. The van der Waals surface area contributed by atoms with Crippen molar-refractivity contribution in [2.24, 2.45) is 0 Å². The molecule has 0 spiro atoms. The first kappa shape index (κ1) is 16.3. The molecule has 0 saturated carbocycles. The van der Waals surface area contributed by atoms with E-state index in [1.165, 1.54) is 0 Å². The number of benzene rings is 2. The third-order valence-corrected chi connectivity index (χ3v) is 3.38. The Bertz CT molecular complexity index is 672. The summed E-state index contributed by atoms with van der Waals surface area (Å²) >= 11 is 11.6. The molecule has 2 aromatic rings. The predicted octanol–water partition coefficient (Wildman–Crippen LogP) is 3.04. The number of carbonyl (C=O) groups excluding carboxylic acids is 2. The van der Waals surface area contributed by atoms with E-state index in [-0.39, 0.29) is 18.4 Å². The molecular formula is C16H14Cl2N2O2. The van der Waals surface area contributed by atoms with Gasteiger partial charge in [0.15, 0.2) is 0 Å². The zero-order chi connectivity index (χ0) is 15.9. The zero-order valence-corrected chi connectivity index (χ0v) is 13.1. The molecule has 114 valence electrons. The molecule has 2 amide bonds. The lowest BCUT2D eigenvalue weighted by Crippen LogP contribution is -2.36. The molecular weight excluding hydrogens is 323 g/mol. The van der Waals surface area contributed by atoms with Crippen LogP contribution in [0.25, 0.3) is 0 Å². The number of amides is 2. The van der Waals surface area contributed by atoms with E-state index in [4.69, 9.17) is 23.2 Å². The predicted molar refractivity (Wildman–Crippen MR) is 87.1 cm³/mol. The molecule has 0 bridgehead atoms. The van der Waals surface area contributed by atoms with Crippen molar-refractivity contribution in [2.75, 3.05) is 6.54 Å². The highest BCUT2D eigenvalue weighted by molar-refractivity contribution is 6.30. The first-order chi connectivity index (χ1) is 10.5. The van der Waals surface area contributed by atoms with Crippen LogP contribution in [-0.4, -0.2) is 18.4 Å². The van der Waals surface area contributed by atoms with Crippen LogP contribution in [-0.2, 0) is 11.3 Å². The maximum absolute atomic E-state index is 11.8. The maximum Gasteiger partial charge on any atom is 0.251 e. The molecule has 22 heavy (non-hydrogen) atoms. The summed E-state index contributed by atoms with van der Waals surface area (Å²) in [7, 11) is 0. The molecule has 0 heterocycles. The minimum atomic E-state index is -0.324. The van der Waals surface area contributed by atoms with Gasteiger partial charge in [0, 0.05) is 22.2 Å². The second kappa shape index (κ2) is 7.82. The van der Waals surface area contributed by atoms with E-state index < -0.39 is 0 Å². The summed E-state index contributed by atoms with van der Waals surface area (Å²) in [5.74, 6) is -0.600. The van der Waals surface area contributed by atoms with Crippen molar-refractivity contribution < 1.29 is 9.59 Å². The number of rotatable bonds is 5. The van der Waals surface area contributed by atoms with Crippen LogP contribution in [0.5, 0.6) is 0 Å². The summed E-state index contributed by atoms with van der Waals surface area (Å²) in [5.41, 5.74) is 1.34. The van der Waals surface area contributed by atoms with Gasteiger partial charge >= 0.3 is 0 Å². The van der Waals surface area contributed by atoms with Gasteiger partial charge in [0.05, 0.1) is 6.54 Å². The molecule has 0 unspecified atom stereocenters. The van der Waals surface area contributed by atoms with Gasteiger partial charge in [-0.3, -0.25) is 9.59 Å². The normalized spacial score (nSPS) is 10.1. The summed E-state index contributed by atoms with van der Waals surface area (Å²) in [6.07, 6.45) is 0. The Morgan fingerprint density at radius 3 is 2.32 bits per heavy atom. The van der Waals surface area contributed by atoms with Gasteiger partial charge in [-0.25, -0.2) is 0 Å². The molecule has 2 N–H and O–H groups in total. The molecule has 0 atom stereocenters. The van der Waals surface area contributed by atoms with Crippen molar-refractivity contribution in [1.29, 1.82) is 0 Å². The van der Waals surface area contributed by atoms with Crippen molar-refractivity contribution in [3.63, 3.8) is 0 Å². The Kier molecular flexibility index (Phi) is 5.81. The topological polar surface area (TPSA) is 58.2 Å². The van der Waals surface area contributed by atoms with Gasteiger partial charge < -0.3 is 10.6 Å². The van der Waals surface area contributed by atoms with Crippen LogP contribution in [0.15, 0.2) is 48.5 Å². The van der Waals surface area contributed by atoms with Crippen LogP contribution in [0.3, 0.4) is 0 Å².